The van der Waals surface area contributed by atoms with Crippen molar-refractivity contribution in [3.05, 3.63) is 53.6 Å². The number of alkyl halides is 2. The zero-order valence-electron chi connectivity index (χ0n) is 16.8. The average molecular weight is 443 g/mol. The van der Waals surface area contributed by atoms with Crippen LogP contribution in [0.3, 0.4) is 0 Å². The van der Waals surface area contributed by atoms with Crippen LogP contribution in [0.1, 0.15) is 64.4 Å². The van der Waals surface area contributed by atoms with Gasteiger partial charge in [0.1, 0.15) is 6.26 Å². The van der Waals surface area contributed by atoms with Crippen LogP contribution in [0.15, 0.2) is 39.7 Å². The van der Waals surface area contributed by atoms with Crippen molar-refractivity contribution in [2.45, 2.75) is 50.7 Å². The minimum atomic E-state index is -2.86. The molecule has 1 aliphatic heterocycles. The lowest BCUT2D eigenvalue weighted by atomic mass is 9.89. The number of halogens is 2. The van der Waals surface area contributed by atoms with Gasteiger partial charge in [-0.1, -0.05) is 18.9 Å². The van der Waals surface area contributed by atoms with Crippen molar-refractivity contribution in [2.75, 3.05) is 0 Å². The molecule has 3 aromatic rings. The average Bonchev–Trinajstić information content (AvgIpc) is 3.55. The number of amides is 2. The Kier molecular flexibility index (Phi) is 5.16. The van der Waals surface area contributed by atoms with Crippen molar-refractivity contribution in [3.63, 3.8) is 0 Å². The highest BCUT2D eigenvalue weighted by Gasteiger charge is 2.39. The zero-order chi connectivity index (χ0) is 22.2. The number of oxazole rings is 1. The fourth-order valence-electron chi connectivity index (χ4n) is 4.38. The number of benzene rings is 1. The van der Waals surface area contributed by atoms with E-state index in [2.05, 4.69) is 20.5 Å². The van der Waals surface area contributed by atoms with Crippen LogP contribution < -0.4 is 5.32 Å². The molecule has 0 unspecified atom stereocenters. The summed E-state index contributed by atoms with van der Waals surface area (Å²) in [6, 6.07) is 4.64. The predicted octanol–water partition coefficient (Wildman–Crippen LogP) is 3.36. The minimum absolute atomic E-state index is 0.0650. The van der Waals surface area contributed by atoms with Crippen LogP contribution in [0.4, 0.5) is 8.78 Å². The summed E-state index contributed by atoms with van der Waals surface area (Å²) in [6.07, 6.45) is 3.02. The third-order valence-corrected chi connectivity index (χ3v) is 5.93. The Morgan fingerprint density at radius 1 is 1.22 bits per heavy atom. The van der Waals surface area contributed by atoms with Crippen LogP contribution in [-0.2, 0) is 6.54 Å². The number of hydrogen-bond acceptors (Lipinski definition) is 7. The highest BCUT2D eigenvalue weighted by Crippen LogP contribution is 2.34. The molecule has 2 aromatic heterocycles. The lowest BCUT2D eigenvalue weighted by molar-refractivity contribution is 0.0581. The van der Waals surface area contributed by atoms with Gasteiger partial charge in [-0.05, 0) is 30.5 Å². The van der Waals surface area contributed by atoms with Crippen molar-refractivity contribution in [2.24, 2.45) is 0 Å². The van der Waals surface area contributed by atoms with E-state index in [4.69, 9.17) is 8.83 Å². The summed E-state index contributed by atoms with van der Waals surface area (Å²) < 4.78 is 35.4. The molecule has 1 aliphatic carbocycles. The summed E-state index contributed by atoms with van der Waals surface area (Å²) in [6.45, 7) is 0.404. The van der Waals surface area contributed by atoms with Gasteiger partial charge in [0.2, 0.25) is 5.89 Å². The molecule has 11 heteroatoms. The molecule has 166 valence electrons. The molecule has 2 atom stereocenters. The summed E-state index contributed by atoms with van der Waals surface area (Å²) in [5, 5.41) is 9.98. The normalized spacial score (nSPS) is 20.6. The standard InChI is InChI=1S/C21H19F2N5O4/c22-17(23)20-27-26-19(32-20)11-5-6-12-8-28(21(30)13(12)7-11)16-4-2-1-3-14(16)25-18(29)15-9-31-10-24-15/h5-7,9-10,14,16-17H,1-4,8H2,(H,25,29)/t14-,16-/m1/s1. The summed E-state index contributed by atoms with van der Waals surface area (Å²) in [5.41, 5.74) is 1.88. The maximum atomic E-state index is 13.3. The molecule has 1 N–H and O–H groups in total. The third kappa shape index (κ3) is 3.63. The Morgan fingerprint density at radius 2 is 2.06 bits per heavy atom. The monoisotopic (exact) mass is 443 g/mol. The maximum Gasteiger partial charge on any atom is 0.314 e. The van der Waals surface area contributed by atoms with Gasteiger partial charge in [-0.2, -0.15) is 8.78 Å². The lowest BCUT2D eigenvalue weighted by Gasteiger charge is -2.38. The Morgan fingerprint density at radius 3 is 2.81 bits per heavy atom. The van der Waals surface area contributed by atoms with E-state index in [1.54, 1.807) is 23.1 Å². The van der Waals surface area contributed by atoms with E-state index >= 15 is 0 Å². The fraction of sp³-hybridized carbons (Fsp3) is 0.381. The molecule has 1 saturated carbocycles. The van der Waals surface area contributed by atoms with Crippen LogP contribution in [0, 0.1) is 0 Å². The predicted molar refractivity (Wildman–Crippen MR) is 105 cm³/mol. The summed E-state index contributed by atoms with van der Waals surface area (Å²) in [7, 11) is 0. The number of hydrogen-bond donors (Lipinski definition) is 1. The molecule has 1 aromatic carbocycles. The maximum absolute atomic E-state index is 13.3. The second-order valence-electron chi connectivity index (χ2n) is 7.86. The quantitative estimate of drug-likeness (QED) is 0.643. The van der Waals surface area contributed by atoms with Gasteiger partial charge >= 0.3 is 6.43 Å². The second kappa shape index (κ2) is 8.13. The van der Waals surface area contributed by atoms with Crippen molar-refractivity contribution < 1.29 is 27.2 Å². The molecule has 0 bridgehead atoms. The first-order valence-electron chi connectivity index (χ1n) is 10.3. The summed E-state index contributed by atoms with van der Waals surface area (Å²) in [5.74, 6) is -1.34. The molecule has 5 rings (SSSR count). The van der Waals surface area contributed by atoms with Crippen LogP contribution in [0.5, 0.6) is 0 Å². The van der Waals surface area contributed by atoms with E-state index in [1.165, 1.54) is 12.7 Å². The van der Waals surface area contributed by atoms with Crippen LogP contribution in [0.25, 0.3) is 11.5 Å². The lowest BCUT2D eigenvalue weighted by Crippen LogP contribution is -2.53. The number of carbonyl (C=O) groups is 2. The van der Waals surface area contributed by atoms with Gasteiger partial charge in [-0.25, -0.2) is 4.98 Å². The van der Waals surface area contributed by atoms with Gasteiger partial charge in [0.05, 0.1) is 6.04 Å². The Balaban J connectivity index is 1.36. The minimum Gasteiger partial charge on any atom is -0.451 e. The Labute approximate surface area is 180 Å². The molecular weight excluding hydrogens is 424 g/mol. The van der Waals surface area contributed by atoms with Crippen molar-refractivity contribution in [1.82, 2.24) is 25.4 Å². The molecular formula is C21H19F2N5O4. The second-order valence-corrected chi connectivity index (χ2v) is 7.86. The SMILES string of the molecule is O=C(N[C@@H]1CCCC[C@H]1N1Cc2ccc(-c3nnc(C(F)F)o3)cc2C1=O)c1cocn1. The third-order valence-electron chi connectivity index (χ3n) is 5.93. The zero-order valence-corrected chi connectivity index (χ0v) is 16.8. The molecule has 2 aliphatic rings. The summed E-state index contributed by atoms with van der Waals surface area (Å²) >= 11 is 0. The van der Waals surface area contributed by atoms with E-state index < -0.39 is 12.3 Å². The van der Waals surface area contributed by atoms with Crippen LogP contribution >= 0.6 is 0 Å². The number of rotatable bonds is 5. The van der Waals surface area contributed by atoms with E-state index in [-0.39, 0.29) is 35.5 Å². The molecule has 2 amide bonds. The number of fused-ring (bicyclic) bond motifs is 1. The number of carbonyl (C=O) groups excluding carboxylic acids is 2. The highest BCUT2D eigenvalue weighted by atomic mass is 19.3. The molecule has 0 radical (unpaired) electrons. The first kappa shape index (κ1) is 20.3. The number of aromatic nitrogens is 3. The van der Waals surface area contributed by atoms with Crippen molar-refractivity contribution in [1.29, 1.82) is 0 Å². The topological polar surface area (TPSA) is 114 Å². The van der Waals surface area contributed by atoms with Gasteiger partial charge in [0.25, 0.3) is 17.7 Å². The summed E-state index contributed by atoms with van der Waals surface area (Å²) in [4.78, 5) is 31.4. The van der Waals surface area contributed by atoms with E-state index in [0.717, 1.165) is 31.2 Å². The van der Waals surface area contributed by atoms with Gasteiger partial charge in [-0.15, -0.1) is 10.2 Å². The van der Waals surface area contributed by atoms with E-state index in [9.17, 15) is 18.4 Å². The number of nitrogens with zero attached hydrogens (tertiary/aromatic N) is 4. The largest absolute Gasteiger partial charge is 0.451 e. The highest BCUT2D eigenvalue weighted by molar-refractivity contribution is 5.99. The molecule has 1 fully saturated rings. The number of nitrogens with one attached hydrogen (secondary N) is 1. The molecule has 0 spiro atoms. The van der Waals surface area contributed by atoms with Crippen LogP contribution in [0.2, 0.25) is 0 Å². The fourth-order valence-corrected chi connectivity index (χ4v) is 4.38. The van der Waals surface area contributed by atoms with Crippen molar-refractivity contribution >= 4 is 11.8 Å². The molecule has 3 heterocycles. The van der Waals surface area contributed by atoms with Gasteiger partial charge < -0.3 is 19.1 Å². The van der Waals surface area contributed by atoms with Gasteiger partial charge in [-0.3, -0.25) is 9.59 Å². The van der Waals surface area contributed by atoms with Crippen molar-refractivity contribution in [3.8, 4) is 11.5 Å². The van der Waals surface area contributed by atoms with Gasteiger partial charge in [0.15, 0.2) is 12.1 Å². The Bertz CT molecular complexity index is 1150. The molecule has 9 nitrogen and oxygen atoms in total. The Hall–Kier alpha value is -3.63. The molecule has 32 heavy (non-hydrogen) atoms. The van der Waals surface area contributed by atoms with Gasteiger partial charge in [0, 0.05) is 23.7 Å². The smallest absolute Gasteiger partial charge is 0.314 e. The first-order chi connectivity index (χ1) is 15.5. The van der Waals surface area contributed by atoms with E-state index in [0.29, 0.717) is 17.7 Å². The molecule has 0 saturated heterocycles. The van der Waals surface area contributed by atoms with E-state index in [1.807, 2.05) is 0 Å². The van der Waals surface area contributed by atoms with Crippen LogP contribution in [-0.4, -0.2) is 44.0 Å². The first-order valence-corrected chi connectivity index (χ1v) is 10.3.